The number of furan rings is 1. The smallest absolute Gasteiger partial charge is 0.349 e. The highest BCUT2D eigenvalue weighted by Gasteiger charge is 2.15. The zero-order valence-electron chi connectivity index (χ0n) is 16.5. The molecule has 2 aromatic carbocycles. The summed E-state index contributed by atoms with van der Waals surface area (Å²) >= 11 is 5.98. The first-order valence-electron chi connectivity index (χ1n) is 9.46. The molecule has 1 amide bonds. The fraction of sp³-hybridized carbons (Fsp3) is 0.0870. The van der Waals surface area contributed by atoms with Crippen molar-refractivity contribution in [1.29, 1.82) is 0 Å². The lowest BCUT2D eigenvalue weighted by molar-refractivity contribution is -0.136. The van der Waals surface area contributed by atoms with Gasteiger partial charge in [-0.15, -0.1) is 0 Å². The molecule has 32 heavy (non-hydrogen) atoms. The van der Waals surface area contributed by atoms with Crippen LogP contribution in [-0.4, -0.2) is 18.5 Å². The molecule has 0 spiro atoms. The maximum Gasteiger partial charge on any atom is 0.349 e. The van der Waals surface area contributed by atoms with Gasteiger partial charge in [0.05, 0.1) is 17.8 Å². The molecule has 0 unspecified atom stereocenters. The van der Waals surface area contributed by atoms with E-state index in [2.05, 4.69) is 5.32 Å². The van der Waals surface area contributed by atoms with Crippen LogP contribution in [0.3, 0.4) is 0 Å². The molecule has 2 aromatic heterocycles. The zero-order valence-corrected chi connectivity index (χ0v) is 17.3. The molecule has 162 valence electrons. The highest BCUT2D eigenvalue weighted by molar-refractivity contribution is 6.32. The lowest BCUT2D eigenvalue weighted by Gasteiger charge is -2.08. The van der Waals surface area contributed by atoms with E-state index in [1.807, 2.05) is 0 Å². The summed E-state index contributed by atoms with van der Waals surface area (Å²) in [6, 6.07) is 16.0. The lowest BCUT2D eigenvalue weighted by atomic mass is 10.1. The fourth-order valence-corrected chi connectivity index (χ4v) is 3.04. The van der Waals surface area contributed by atoms with Gasteiger partial charge in [0.1, 0.15) is 28.4 Å². The van der Waals surface area contributed by atoms with Crippen LogP contribution in [0.2, 0.25) is 5.02 Å². The summed E-state index contributed by atoms with van der Waals surface area (Å²) in [4.78, 5) is 36.7. The molecule has 0 bridgehead atoms. The lowest BCUT2D eigenvalue weighted by Crippen LogP contribution is -2.27. The van der Waals surface area contributed by atoms with E-state index in [1.54, 1.807) is 42.5 Å². The zero-order chi connectivity index (χ0) is 22.5. The monoisotopic (exact) mass is 453 g/mol. The Morgan fingerprint density at radius 3 is 2.66 bits per heavy atom. The normalized spacial score (nSPS) is 10.7. The van der Waals surface area contributed by atoms with E-state index in [9.17, 15) is 14.4 Å². The Balaban J connectivity index is 1.43. The molecule has 9 heteroatoms. The summed E-state index contributed by atoms with van der Waals surface area (Å²) in [5.74, 6) is -0.199. The Morgan fingerprint density at radius 1 is 1.03 bits per heavy atom. The summed E-state index contributed by atoms with van der Waals surface area (Å²) in [7, 11) is 0. The average molecular weight is 454 g/mol. The van der Waals surface area contributed by atoms with E-state index in [0.29, 0.717) is 21.9 Å². The Kier molecular flexibility index (Phi) is 6.23. The van der Waals surface area contributed by atoms with Crippen molar-refractivity contribution in [3.8, 4) is 11.5 Å². The molecule has 0 saturated heterocycles. The van der Waals surface area contributed by atoms with Gasteiger partial charge in [-0.1, -0.05) is 23.7 Å². The van der Waals surface area contributed by atoms with Crippen LogP contribution in [0.5, 0.6) is 11.5 Å². The third kappa shape index (κ3) is 4.98. The van der Waals surface area contributed by atoms with Gasteiger partial charge in [0.25, 0.3) is 5.91 Å². The first-order chi connectivity index (χ1) is 15.5. The number of carbonyl (C=O) groups is 2. The third-order valence-electron chi connectivity index (χ3n) is 4.37. The van der Waals surface area contributed by atoms with Gasteiger partial charge in [-0.2, -0.15) is 0 Å². The minimum Gasteiger partial charge on any atom is -0.480 e. The van der Waals surface area contributed by atoms with Gasteiger partial charge in [0, 0.05) is 11.5 Å². The third-order valence-corrected chi connectivity index (χ3v) is 4.68. The number of ether oxygens (including phenoxy) is 2. The number of hydrogen-bond acceptors (Lipinski definition) is 7. The van der Waals surface area contributed by atoms with Crippen molar-refractivity contribution in [3.63, 3.8) is 0 Å². The molecule has 0 aliphatic heterocycles. The number of esters is 1. The van der Waals surface area contributed by atoms with Gasteiger partial charge in [-0.25, -0.2) is 9.59 Å². The van der Waals surface area contributed by atoms with Gasteiger partial charge in [0.2, 0.25) is 0 Å². The molecular weight excluding hydrogens is 438 g/mol. The molecule has 1 N–H and O–H groups in total. The molecule has 4 rings (SSSR count). The molecule has 4 aromatic rings. The van der Waals surface area contributed by atoms with Gasteiger partial charge >= 0.3 is 11.6 Å². The van der Waals surface area contributed by atoms with Crippen molar-refractivity contribution in [2.45, 2.75) is 6.54 Å². The highest BCUT2D eigenvalue weighted by atomic mass is 35.5. The van der Waals surface area contributed by atoms with Gasteiger partial charge in [-0.05, 0) is 42.5 Å². The van der Waals surface area contributed by atoms with Gasteiger partial charge < -0.3 is 23.6 Å². The summed E-state index contributed by atoms with van der Waals surface area (Å²) in [5.41, 5.74) is -0.808. The first kappa shape index (κ1) is 21.2. The van der Waals surface area contributed by atoms with Gasteiger partial charge in [-0.3, -0.25) is 4.79 Å². The van der Waals surface area contributed by atoms with Crippen LogP contribution in [0.4, 0.5) is 0 Å². The molecule has 0 saturated carbocycles. The number of carbonyl (C=O) groups excluding carboxylic acids is 2. The first-order valence-corrected chi connectivity index (χ1v) is 9.84. The number of benzene rings is 2. The number of amides is 1. The van der Waals surface area contributed by atoms with Crippen molar-refractivity contribution in [1.82, 2.24) is 5.32 Å². The largest absolute Gasteiger partial charge is 0.480 e. The molecule has 8 nitrogen and oxygen atoms in total. The van der Waals surface area contributed by atoms with Crippen molar-refractivity contribution < 1.29 is 27.9 Å². The van der Waals surface area contributed by atoms with Crippen LogP contribution in [0, 0.1) is 0 Å². The summed E-state index contributed by atoms with van der Waals surface area (Å²) in [6.45, 7) is -0.227. The van der Waals surface area contributed by atoms with Crippen molar-refractivity contribution in [3.05, 3.63) is 93.7 Å². The summed E-state index contributed by atoms with van der Waals surface area (Å²) < 4.78 is 20.9. The Hall–Kier alpha value is -4.04. The van der Waals surface area contributed by atoms with E-state index in [0.717, 1.165) is 0 Å². The predicted molar refractivity (Wildman–Crippen MR) is 115 cm³/mol. The van der Waals surface area contributed by atoms with Gasteiger partial charge in [0.15, 0.2) is 6.61 Å². The van der Waals surface area contributed by atoms with E-state index in [4.69, 9.17) is 29.9 Å². The molecule has 2 heterocycles. The fourth-order valence-electron chi connectivity index (χ4n) is 2.85. The van der Waals surface area contributed by atoms with Crippen LogP contribution in [0.15, 0.2) is 80.6 Å². The second-order valence-electron chi connectivity index (χ2n) is 6.60. The minimum absolute atomic E-state index is 0.133. The number of fused-ring (bicyclic) bond motifs is 1. The molecule has 0 radical (unpaired) electrons. The molecular formula is C23H16ClNO7. The molecule has 0 atom stereocenters. The molecule has 0 fully saturated rings. The van der Waals surface area contributed by atoms with Crippen LogP contribution < -0.4 is 20.4 Å². The van der Waals surface area contributed by atoms with Crippen LogP contribution in [0.1, 0.15) is 16.1 Å². The number of hydrogen-bond donors (Lipinski definition) is 1. The number of nitrogens with one attached hydrogen (secondary N) is 1. The topological polar surface area (TPSA) is 108 Å². The number of rotatable bonds is 7. The van der Waals surface area contributed by atoms with Crippen molar-refractivity contribution >= 4 is 34.4 Å². The predicted octanol–water partition coefficient (Wildman–Crippen LogP) is 3.95. The maximum atomic E-state index is 12.3. The van der Waals surface area contributed by atoms with Crippen LogP contribution >= 0.6 is 11.6 Å². The second-order valence-corrected chi connectivity index (χ2v) is 7.01. The van der Waals surface area contributed by atoms with Crippen molar-refractivity contribution in [2.24, 2.45) is 0 Å². The SMILES string of the molecule is O=C(COc1ccccc1Cl)Oc1ccc2cc(C(=O)NCc3ccco3)c(=O)oc2c1. The van der Waals surface area contributed by atoms with Crippen LogP contribution in [0.25, 0.3) is 11.0 Å². The maximum absolute atomic E-state index is 12.3. The van der Waals surface area contributed by atoms with E-state index >= 15 is 0 Å². The number of para-hydroxylation sites is 1. The van der Waals surface area contributed by atoms with E-state index in [-0.39, 0.29) is 30.0 Å². The standard InChI is InChI=1S/C23H16ClNO7/c24-18-5-1-2-6-19(18)30-13-21(26)31-15-8-7-14-10-17(23(28)32-20(14)11-15)22(27)25-12-16-4-3-9-29-16/h1-11H,12-13H2,(H,25,27). The highest BCUT2D eigenvalue weighted by Crippen LogP contribution is 2.24. The van der Waals surface area contributed by atoms with E-state index in [1.165, 1.54) is 24.5 Å². The molecule has 0 aliphatic rings. The Bertz CT molecular complexity index is 1330. The minimum atomic E-state index is -0.819. The van der Waals surface area contributed by atoms with Crippen molar-refractivity contribution in [2.75, 3.05) is 6.61 Å². The van der Waals surface area contributed by atoms with Crippen LogP contribution in [-0.2, 0) is 11.3 Å². The number of halogens is 1. The van der Waals surface area contributed by atoms with E-state index < -0.39 is 17.5 Å². The Labute approximate surface area is 186 Å². The Morgan fingerprint density at radius 2 is 1.88 bits per heavy atom. The quantitative estimate of drug-likeness (QED) is 0.256. The molecule has 0 aliphatic carbocycles. The average Bonchev–Trinajstić information content (AvgIpc) is 3.30. The second kappa shape index (κ2) is 9.40. The summed E-state index contributed by atoms with van der Waals surface area (Å²) in [6.07, 6.45) is 1.49. The summed E-state index contributed by atoms with van der Waals surface area (Å²) in [5, 5.41) is 3.45.